The van der Waals surface area contributed by atoms with Crippen LogP contribution in [0.15, 0.2) is 53.5 Å². The van der Waals surface area contributed by atoms with Crippen molar-refractivity contribution in [2.24, 2.45) is 4.99 Å². The minimum Gasteiger partial charge on any atom is -0.352 e. The highest BCUT2D eigenvalue weighted by Crippen LogP contribution is 2.21. The van der Waals surface area contributed by atoms with Crippen LogP contribution in [0.3, 0.4) is 0 Å². The number of urea groups is 1. The molecule has 8 nitrogen and oxygen atoms in total. The number of halogens is 1. The Morgan fingerprint density at radius 2 is 1.65 bits per heavy atom. The maximum atomic E-state index is 12.3. The second-order valence-electron chi connectivity index (χ2n) is 8.42. The van der Waals surface area contributed by atoms with Gasteiger partial charge >= 0.3 is 6.03 Å². The zero-order valence-electron chi connectivity index (χ0n) is 19.5. The third kappa shape index (κ3) is 6.85. The molecule has 2 aliphatic rings. The number of likely N-dealkylation sites (tertiary alicyclic amines) is 1. The van der Waals surface area contributed by atoms with Crippen molar-refractivity contribution in [1.29, 1.82) is 0 Å². The Hall–Kier alpha value is -2.82. The molecule has 3 N–H and O–H groups in total. The molecule has 4 rings (SSSR count). The maximum Gasteiger partial charge on any atom is 0.321 e. The smallest absolute Gasteiger partial charge is 0.321 e. The molecular formula is C25H33IN6O2. The van der Waals surface area contributed by atoms with E-state index in [0.29, 0.717) is 25.5 Å². The van der Waals surface area contributed by atoms with Gasteiger partial charge in [-0.05, 0) is 54.7 Å². The number of amides is 3. The number of hydrogen-bond donors (Lipinski definition) is 3. The quantitative estimate of drug-likeness (QED) is 0.277. The third-order valence-electron chi connectivity index (χ3n) is 6.04. The minimum atomic E-state index is -0.0322. The number of carbonyl (C=O) groups excluding carboxylic acids is 2. The van der Waals surface area contributed by atoms with E-state index in [2.05, 4.69) is 20.9 Å². The van der Waals surface area contributed by atoms with Gasteiger partial charge in [-0.1, -0.05) is 24.3 Å². The van der Waals surface area contributed by atoms with Crippen LogP contribution in [0.5, 0.6) is 0 Å². The Bertz CT molecular complexity index is 1000. The van der Waals surface area contributed by atoms with E-state index in [4.69, 9.17) is 0 Å². The number of nitrogens with zero attached hydrogens (tertiary/aromatic N) is 3. The first-order valence-corrected chi connectivity index (χ1v) is 11.6. The van der Waals surface area contributed by atoms with Crippen molar-refractivity contribution < 1.29 is 9.59 Å². The van der Waals surface area contributed by atoms with Crippen molar-refractivity contribution in [3.63, 3.8) is 0 Å². The van der Waals surface area contributed by atoms with Crippen molar-refractivity contribution in [2.75, 3.05) is 36.9 Å². The molecule has 0 saturated carbocycles. The second kappa shape index (κ2) is 12.6. The molecule has 34 heavy (non-hydrogen) atoms. The van der Waals surface area contributed by atoms with E-state index in [1.165, 1.54) is 0 Å². The number of hydrogen-bond acceptors (Lipinski definition) is 3. The van der Waals surface area contributed by atoms with Crippen LogP contribution in [-0.2, 0) is 17.9 Å². The van der Waals surface area contributed by atoms with Crippen molar-refractivity contribution in [3.05, 3.63) is 59.7 Å². The first-order valence-electron chi connectivity index (χ1n) is 11.6. The summed E-state index contributed by atoms with van der Waals surface area (Å²) in [5.74, 6) is 0.894. The predicted octanol–water partition coefficient (Wildman–Crippen LogP) is 3.92. The monoisotopic (exact) mass is 576 g/mol. The van der Waals surface area contributed by atoms with Crippen LogP contribution in [-0.4, -0.2) is 49.5 Å². The van der Waals surface area contributed by atoms with Crippen molar-refractivity contribution >= 4 is 53.2 Å². The fourth-order valence-electron chi connectivity index (χ4n) is 4.19. The average Bonchev–Trinajstić information content (AvgIpc) is 3.52. The molecule has 3 amide bonds. The van der Waals surface area contributed by atoms with Gasteiger partial charge in [0, 0.05) is 57.6 Å². The van der Waals surface area contributed by atoms with Gasteiger partial charge in [0.15, 0.2) is 5.96 Å². The van der Waals surface area contributed by atoms with Crippen LogP contribution in [0.2, 0.25) is 0 Å². The summed E-state index contributed by atoms with van der Waals surface area (Å²) in [5, 5.41) is 9.62. The number of carbonyl (C=O) groups is 2. The second-order valence-corrected chi connectivity index (χ2v) is 8.42. The lowest BCUT2D eigenvalue weighted by Crippen LogP contribution is -2.36. The zero-order valence-corrected chi connectivity index (χ0v) is 21.9. The predicted molar refractivity (Wildman–Crippen MR) is 147 cm³/mol. The Morgan fingerprint density at radius 1 is 0.941 bits per heavy atom. The largest absolute Gasteiger partial charge is 0.352 e. The summed E-state index contributed by atoms with van der Waals surface area (Å²) in [5.41, 5.74) is 3.92. The highest BCUT2D eigenvalue weighted by atomic mass is 127. The molecule has 9 heteroatoms. The molecule has 0 atom stereocenters. The molecule has 0 bridgehead atoms. The molecule has 0 spiro atoms. The van der Waals surface area contributed by atoms with Gasteiger partial charge < -0.3 is 25.8 Å². The lowest BCUT2D eigenvalue weighted by atomic mass is 10.2. The molecular weight excluding hydrogens is 543 g/mol. The maximum absolute atomic E-state index is 12.3. The first kappa shape index (κ1) is 25.8. The Balaban J connectivity index is 0.00000324. The standard InChI is InChI=1S/C25H32N6O2.HI/c1-26-24(27-17-19-9-11-22(12-10-19)31-15-5-8-23(31)32)28-18-20-6-4-7-21(16-20)29-25(33)30-13-2-3-14-30;/h4,6-7,9-12,16H,2-3,5,8,13-15,17-18H2,1H3,(H,29,33)(H2,26,27,28);1H. The van der Waals surface area contributed by atoms with Crippen molar-refractivity contribution in [3.8, 4) is 0 Å². The molecule has 2 saturated heterocycles. The summed E-state index contributed by atoms with van der Waals surface area (Å²) >= 11 is 0. The highest BCUT2D eigenvalue weighted by molar-refractivity contribution is 14.0. The number of aliphatic imine (C=N–C) groups is 1. The lowest BCUT2D eigenvalue weighted by molar-refractivity contribution is -0.117. The van der Waals surface area contributed by atoms with Gasteiger partial charge in [0.05, 0.1) is 0 Å². The Morgan fingerprint density at radius 3 is 2.29 bits per heavy atom. The summed E-state index contributed by atoms with van der Waals surface area (Å²) in [4.78, 5) is 32.2. The molecule has 0 aromatic heterocycles. The van der Waals surface area contributed by atoms with Crippen LogP contribution in [0.25, 0.3) is 0 Å². The van der Waals surface area contributed by atoms with Gasteiger partial charge in [-0.15, -0.1) is 24.0 Å². The number of rotatable bonds is 6. The Kier molecular flexibility index (Phi) is 9.55. The van der Waals surface area contributed by atoms with Gasteiger partial charge in [0.25, 0.3) is 0 Å². The van der Waals surface area contributed by atoms with E-state index in [-0.39, 0.29) is 35.9 Å². The molecule has 0 unspecified atom stereocenters. The van der Waals surface area contributed by atoms with E-state index in [9.17, 15) is 9.59 Å². The molecule has 182 valence electrons. The van der Waals surface area contributed by atoms with Crippen LogP contribution >= 0.6 is 24.0 Å². The molecule has 2 aromatic rings. The molecule has 2 fully saturated rings. The molecule has 2 aromatic carbocycles. The average molecular weight is 576 g/mol. The van der Waals surface area contributed by atoms with Crippen molar-refractivity contribution in [1.82, 2.24) is 15.5 Å². The molecule has 0 aliphatic carbocycles. The fraction of sp³-hybridized carbons (Fsp3) is 0.400. The van der Waals surface area contributed by atoms with Crippen molar-refractivity contribution in [2.45, 2.75) is 38.8 Å². The number of guanidine groups is 1. The zero-order chi connectivity index (χ0) is 23.0. The van der Waals surface area contributed by atoms with Gasteiger partial charge in [-0.25, -0.2) is 4.79 Å². The number of benzene rings is 2. The van der Waals surface area contributed by atoms with E-state index in [1.54, 1.807) is 7.05 Å². The fourth-order valence-corrected chi connectivity index (χ4v) is 4.19. The summed E-state index contributed by atoms with van der Waals surface area (Å²) in [6, 6.07) is 15.9. The first-order chi connectivity index (χ1) is 16.1. The van der Waals surface area contributed by atoms with Crippen LogP contribution < -0.4 is 20.9 Å². The number of nitrogens with one attached hydrogen (secondary N) is 3. The van der Waals surface area contributed by atoms with Gasteiger partial charge in [0.1, 0.15) is 0 Å². The van der Waals surface area contributed by atoms with Crippen LogP contribution in [0.1, 0.15) is 36.8 Å². The normalized spacial score (nSPS) is 15.8. The lowest BCUT2D eigenvalue weighted by Gasteiger charge is -2.17. The summed E-state index contributed by atoms with van der Waals surface area (Å²) < 4.78 is 0. The van der Waals surface area contributed by atoms with Crippen LogP contribution in [0, 0.1) is 0 Å². The Labute approximate surface area is 218 Å². The molecule has 2 aliphatic heterocycles. The SMILES string of the molecule is CN=C(NCc1ccc(N2CCCC2=O)cc1)NCc1cccc(NC(=O)N2CCCC2)c1.I. The van der Waals surface area contributed by atoms with Crippen LogP contribution in [0.4, 0.5) is 16.2 Å². The van der Waals surface area contributed by atoms with Gasteiger partial charge in [-0.2, -0.15) is 0 Å². The summed E-state index contributed by atoms with van der Waals surface area (Å²) in [6.07, 6.45) is 3.72. The van der Waals surface area contributed by atoms with Gasteiger partial charge in [-0.3, -0.25) is 9.79 Å². The summed E-state index contributed by atoms with van der Waals surface area (Å²) in [6.45, 7) is 3.67. The molecule has 2 heterocycles. The van der Waals surface area contributed by atoms with E-state index in [0.717, 1.165) is 61.4 Å². The summed E-state index contributed by atoms with van der Waals surface area (Å²) in [7, 11) is 1.74. The van der Waals surface area contributed by atoms with E-state index in [1.807, 2.05) is 58.3 Å². The molecule has 0 radical (unpaired) electrons. The number of anilines is 2. The highest BCUT2D eigenvalue weighted by Gasteiger charge is 2.21. The minimum absolute atomic E-state index is 0. The van der Waals surface area contributed by atoms with E-state index < -0.39 is 0 Å². The third-order valence-corrected chi connectivity index (χ3v) is 6.04. The topological polar surface area (TPSA) is 89.1 Å². The van der Waals surface area contributed by atoms with E-state index >= 15 is 0 Å². The van der Waals surface area contributed by atoms with Gasteiger partial charge in [0.2, 0.25) is 5.91 Å².